The highest BCUT2D eigenvalue weighted by molar-refractivity contribution is 7.87. The van der Waals surface area contributed by atoms with Crippen LogP contribution in [-0.4, -0.2) is 34.0 Å². The van der Waals surface area contributed by atoms with Gasteiger partial charge in [0, 0.05) is 0 Å². The number of aliphatic imine (C=N–C) groups is 1. The molecule has 0 aliphatic carbocycles. The Balaban J connectivity index is 0.00000121. The number of hydrogen-bond acceptors (Lipinski definition) is 4. The average molecular weight is 216 g/mol. The van der Waals surface area contributed by atoms with Crippen LogP contribution >= 0.6 is 12.4 Å². The van der Waals surface area contributed by atoms with E-state index in [9.17, 15) is 8.42 Å². The number of nitrogens with zero attached hydrogens (tertiary/aromatic N) is 1. The maximum absolute atomic E-state index is 10.4. The van der Waals surface area contributed by atoms with Crippen LogP contribution in [0.3, 0.4) is 0 Å². The molecule has 0 saturated heterocycles. The lowest BCUT2D eigenvalue weighted by Gasteiger charge is -2.12. The van der Waals surface area contributed by atoms with Gasteiger partial charge in [0.25, 0.3) is 10.2 Å². The second-order valence-electron chi connectivity index (χ2n) is 2.03. The van der Waals surface area contributed by atoms with Crippen molar-refractivity contribution in [1.82, 2.24) is 4.72 Å². The molecule has 1 rings (SSSR count). The molecule has 0 aromatic rings. The van der Waals surface area contributed by atoms with Gasteiger partial charge in [-0.2, -0.15) is 8.42 Å². The third-order valence-electron chi connectivity index (χ3n) is 1.04. The fourth-order valence-corrected chi connectivity index (χ4v) is 1.14. The zero-order valence-corrected chi connectivity index (χ0v) is 7.82. The molecule has 1 heterocycles. The van der Waals surface area contributed by atoms with E-state index in [1.807, 2.05) is 4.72 Å². The minimum absolute atomic E-state index is 0. The standard InChI is InChI=1S/C4H9N3O3S.ClH/c5-11(8,9)7-4-3-10-2-1-6-4;/h1-3H2,(H,6,7)(H2,5,8,9);1H. The van der Waals surface area contributed by atoms with Gasteiger partial charge in [0.15, 0.2) is 0 Å². The fourth-order valence-electron chi connectivity index (χ4n) is 0.686. The Morgan fingerprint density at radius 1 is 1.58 bits per heavy atom. The second-order valence-corrected chi connectivity index (χ2v) is 3.32. The minimum Gasteiger partial charge on any atom is -0.372 e. The van der Waals surface area contributed by atoms with Gasteiger partial charge < -0.3 is 4.74 Å². The predicted octanol–water partition coefficient (Wildman–Crippen LogP) is -1.37. The first-order valence-corrected chi connectivity index (χ1v) is 4.54. The first-order valence-electron chi connectivity index (χ1n) is 2.99. The van der Waals surface area contributed by atoms with E-state index < -0.39 is 10.2 Å². The van der Waals surface area contributed by atoms with E-state index in [0.717, 1.165) is 0 Å². The Labute approximate surface area is 76.8 Å². The highest BCUT2D eigenvalue weighted by Gasteiger charge is 2.09. The number of hydrogen-bond donors (Lipinski definition) is 2. The molecule has 3 N–H and O–H groups in total. The molecule has 1 aliphatic heterocycles. The van der Waals surface area contributed by atoms with Crippen molar-refractivity contribution in [2.75, 3.05) is 19.8 Å². The van der Waals surface area contributed by atoms with Gasteiger partial charge in [-0.1, -0.05) is 0 Å². The highest BCUT2D eigenvalue weighted by atomic mass is 35.5. The van der Waals surface area contributed by atoms with E-state index in [-0.39, 0.29) is 24.8 Å². The summed E-state index contributed by atoms with van der Waals surface area (Å²) in [5.74, 6) is 0.263. The van der Waals surface area contributed by atoms with E-state index in [4.69, 9.17) is 9.88 Å². The van der Waals surface area contributed by atoms with Crippen molar-refractivity contribution < 1.29 is 13.2 Å². The molecule has 0 unspecified atom stereocenters. The van der Waals surface area contributed by atoms with E-state index in [1.54, 1.807) is 0 Å². The molecular formula is C4H10ClN3O3S. The third-order valence-corrected chi connectivity index (χ3v) is 1.56. The molecule has 0 radical (unpaired) electrons. The van der Waals surface area contributed by atoms with Crippen molar-refractivity contribution in [3.63, 3.8) is 0 Å². The van der Waals surface area contributed by atoms with Gasteiger partial charge >= 0.3 is 0 Å². The smallest absolute Gasteiger partial charge is 0.297 e. The van der Waals surface area contributed by atoms with Gasteiger partial charge in [0.1, 0.15) is 12.4 Å². The van der Waals surface area contributed by atoms with Crippen LogP contribution in [-0.2, 0) is 14.9 Å². The summed E-state index contributed by atoms with van der Waals surface area (Å²) in [6.45, 7) is 1.17. The maximum atomic E-state index is 10.4. The molecule has 0 spiro atoms. The molecule has 0 amide bonds. The number of halogens is 1. The summed E-state index contributed by atoms with van der Waals surface area (Å²) < 4.78 is 27.8. The van der Waals surface area contributed by atoms with E-state index in [2.05, 4.69) is 4.99 Å². The Morgan fingerprint density at radius 2 is 2.25 bits per heavy atom. The Kier molecular flexibility index (Phi) is 4.46. The number of nitrogens with one attached hydrogen (secondary N) is 1. The molecule has 72 valence electrons. The molecule has 12 heavy (non-hydrogen) atoms. The van der Waals surface area contributed by atoms with E-state index >= 15 is 0 Å². The van der Waals surface area contributed by atoms with Gasteiger partial charge in [-0.05, 0) is 0 Å². The van der Waals surface area contributed by atoms with Gasteiger partial charge in [0.2, 0.25) is 0 Å². The van der Waals surface area contributed by atoms with Gasteiger partial charge in [0.05, 0.1) is 13.2 Å². The Morgan fingerprint density at radius 3 is 2.67 bits per heavy atom. The summed E-state index contributed by atoms with van der Waals surface area (Å²) in [4.78, 5) is 3.84. The van der Waals surface area contributed by atoms with Crippen LogP contribution in [0.25, 0.3) is 0 Å². The average Bonchev–Trinajstić information content (AvgIpc) is 1.85. The number of nitrogens with two attached hydrogens (primary N) is 1. The first kappa shape index (κ1) is 11.6. The van der Waals surface area contributed by atoms with Crippen molar-refractivity contribution in [2.24, 2.45) is 10.1 Å². The normalized spacial score (nSPS) is 17.6. The molecule has 8 heteroatoms. The zero-order valence-electron chi connectivity index (χ0n) is 6.19. The molecule has 0 fully saturated rings. The monoisotopic (exact) mass is 215 g/mol. The quantitative estimate of drug-likeness (QED) is 0.565. The molecule has 0 aromatic heterocycles. The summed E-state index contributed by atoms with van der Waals surface area (Å²) in [5, 5.41) is 4.69. The van der Waals surface area contributed by atoms with Crippen LogP contribution in [0.15, 0.2) is 4.99 Å². The van der Waals surface area contributed by atoms with Crippen molar-refractivity contribution in [1.29, 1.82) is 0 Å². The van der Waals surface area contributed by atoms with Crippen molar-refractivity contribution >= 4 is 28.5 Å². The summed E-state index contributed by atoms with van der Waals surface area (Å²) in [6.07, 6.45) is 0. The number of rotatable bonds is 1. The Bertz CT molecular complexity index is 263. The molecule has 0 saturated carbocycles. The number of amidine groups is 1. The van der Waals surface area contributed by atoms with Crippen LogP contribution in [0.5, 0.6) is 0 Å². The van der Waals surface area contributed by atoms with Crippen LogP contribution < -0.4 is 9.86 Å². The van der Waals surface area contributed by atoms with Gasteiger partial charge in [-0.15, -0.1) is 12.4 Å². The second kappa shape index (κ2) is 4.61. The molecular weight excluding hydrogens is 206 g/mol. The summed E-state index contributed by atoms with van der Waals surface area (Å²) >= 11 is 0. The SMILES string of the molecule is Cl.NS(=O)(=O)NC1=NCCOC1. The van der Waals surface area contributed by atoms with E-state index in [0.29, 0.717) is 13.2 Å². The Hall–Kier alpha value is -0.370. The van der Waals surface area contributed by atoms with Crippen LogP contribution in [0, 0.1) is 0 Å². The largest absolute Gasteiger partial charge is 0.372 e. The lowest BCUT2D eigenvalue weighted by atomic mass is 10.5. The molecule has 0 bridgehead atoms. The van der Waals surface area contributed by atoms with Crippen molar-refractivity contribution in [3.05, 3.63) is 0 Å². The third kappa shape index (κ3) is 4.50. The maximum Gasteiger partial charge on any atom is 0.297 e. The van der Waals surface area contributed by atoms with E-state index in [1.165, 1.54) is 0 Å². The summed E-state index contributed by atoms with van der Waals surface area (Å²) in [6, 6.07) is 0. The predicted molar refractivity (Wildman–Crippen MR) is 46.6 cm³/mol. The minimum atomic E-state index is -3.68. The van der Waals surface area contributed by atoms with Crippen LogP contribution in [0.1, 0.15) is 0 Å². The van der Waals surface area contributed by atoms with Crippen LogP contribution in [0.2, 0.25) is 0 Å². The molecule has 0 atom stereocenters. The summed E-state index contributed by atoms with van der Waals surface area (Å²) in [7, 11) is -3.68. The fraction of sp³-hybridized carbons (Fsp3) is 0.750. The molecule has 0 aromatic carbocycles. The summed E-state index contributed by atoms with van der Waals surface area (Å²) in [5.41, 5.74) is 0. The first-order chi connectivity index (χ1) is 5.08. The van der Waals surface area contributed by atoms with Gasteiger partial charge in [-0.3, -0.25) is 9.71 Å². The number of ether oxygens (including phenoxy) is 1. The molecule has 1 aliphatic rings. The lowest BCUT2D eigenvalue weighted by molar-refractivity contribution is 0.169. The van der Waals surface area contributed by atoms with Crippen LogP contribution in [0.4, 0.5) is 0 Å². The van der Waals surface area contributed by atoms with Crippen molar-refractivity contribution in [2.45, 2.75) is 0 Å². The van der Waals surface area contributed by atoms with Gasteiger partial charge in [-0.25, -0.2) is 5.14 Å². The molecule has 6 nitrogen and oxygen atoms in total. The highest BCUT2D eigenvalue weighted by Crippen LogP contribution is 1.88. The topological polar surface area (TPSA) is 93.8 Å². The zero-order chi connectivity index (χ0) is 8.32. The lowest BCUT2D eigenvalue weighted by Crippen LogP contribution is -2.40. The van der Waals surface area contributed by atoms with Crippen molar-refractivity contribution in [3.8, 4) is 0 Å².